The molecule has 4 rings (SSSR count). The van der Waals surface area contributed by atoms with E-state index < -0.39 is 0 Å². The van der Waals surface area contributed by atoms with Crippen LogP contribution >= 0.6 is 0 Å². The van der Waals surface area contributed by atoms with Crippen LogP contribution in [-0.2, 0) is 22.7 Å². The summed E-state index contributed by atoms with van der Waals surface area (Å²) in [6.45, 7) is 3.35. The van der Waals surface area contributed by atoms with E-state index in [1.54, 1.807) is 16.8 Å². The van der Waals surface area contributed by atoms with Crippen molar-refractivity contribution in [2.75, 3.05) is 39.0 Å². The number of carbonyl (C=O) groups is 2. The molecule has 0 bridgehead atoms. The lowest BCUT2D eigenvalue weighted by molar-refractivity contribution is -0.135. The third-order valence-corrected chi connectivity index (χ3v) is 6.31. The van der Waals surface area contributed by atoms with Crippen molar-refractivity contribution in [3.63, 3.8) is 0 Å². The molecule has 32 heavy (non-hydrogen) atoms. The molecule has 2 N–H and O–H groups in total. The van der Waals surface area contributed by atoms with Crippen molar-refractivity contribution in [1.82, 2.24) is 25.1 Å². The zero-order valence-corrected chi connectivity index (χ0v) is 18.9. The number of rotatable bonds is 7. The fraction of sp³-hybridized carbons (Fsp3) is 0.500. The van der Waals surface area contributed by atoms with E-state index in [4.69, 9.17) is 4.98 Å². The third-order valence-electron chi connectivity index (χ3n) is 6.31. The fourth-order valence-corrected chi connectivity index (χ4v) is 4.52. The van der Waals surface area contributed by atoms with Crippen molar-refractivity contribution in [3.05, 3.63) is 53.5 Å². The van der Waals surface area contributed by atoms with Crippen LogP contribution in [-0.4, -0.2) is 65.3 Å². The van der Waals surface area contributed by atoms with Crippen LogP contribution in [0.25, 0.3) is 0 Å². The minimum atomic E-state index is -0.314. The molecule has 2 aromatic rings. The number of nitrogens with zero attached hydrogens (tertiary/aromatic N) is 4. The van der Waals surface area contributed by atoms with Crippen LogP contribution in [0.15, 0.2) is 36.4 Å². The van der Waals surface area contributed by atoms with Crippen molar-refractivity contribution < 1.29 is 9.59 Å². The first-order valence-corrected chi connectivity index (χ1v) is 11.4. The van der Waals surface area contributed by atoms with Crippen LogP contribution < -0.4 is 10.6 Å². The third kappa shape index (κ3) is 5.24. The number of likely N-dealkylation sites (tertiary alicyclic amines) is 1. The first-order valence-electron chi connectivity index (χ1n) is 11.4. The topological polar surface area (TPSA) is 90.5 Å². The van der Waals surface area contributed by atoms with Crippen molar-refractivity contribution in [1.29, 1.82) is 0 Å². The van der Waals surface area contributed by atoms with Gasteiger partial charge >= 0.3 is 0 Å². The van der Waals surface area contributed by atoms with E-state index in [0.717, 1.165) is 48.8 Å². The summed E-state index contributed by atoms with van der Waals surface area (Å²) < 4.78 is 0. The van der Waals surface area contributed by atoms with Gasteiger partial charge in [0.05, 0.1) is 18.2 Å². The lowest BCUT2D eigenvalue weighted by Gasteiger charge is -2.24. The van der Waals surface area contributed by atoms with Crippen LogP contribution in [0.4, 0.5) is 5.82 Å². The second-order valence-electron chi connectivity index (χ2n) is 8.73. The number of anilines is 1. The molecule has 8 heteroatoms. The smallest absolute Gasteiger partial charge is 0.228 e. The number of benzene rings is 1. The standard InChI is InChI=1S/C24H32N6O2/c1-25-21-13-20(27-23(28-21)18-8-10-26-11-9-18)16-29(2)24(32)19-12-22(31)30(15-19)14-17-6-4-3-5-7-17/h3-7,13,18-19,26H,8-12,14-16H2,1-2H3,(H,25,27,28). The van der Waals surface area contributed by atoms with Gasteiger partial charge in [0, 0.05) is 45.6 Å². The average Bonchev–Trinajstić information content (AvgIpc) is 3.19. The zero-order valence-electron chi connectivity index (χ0n) is 18.9. The van der Waals surface area contributed by atoms with Crippen molar-refractivity contribution >= 4 is 17.6 Å². The van der Waals surface area contributed by atoms with Gasteiger partial charge in [0.15, 0.2) is 0 Å². The largest absolute Gasteiger partial charge is 0.373 e. The number of hydrogen-bond donors (Lipinski definition) is 2. The molecular formula is C24H32N6O2. The fourth-order valence-electron chi connectivity index (χ4n) is 4.52. The first kappa shape index (κ1) is 22.2. The zero-order chi connectivity index (χ0) is 22.5. The van der Waals surface area contributed by atoms with E-state index in [0.29, 0.717) is 25.6 Å². The van der Waals surface area contributed by atoms with Gasteiger partial charge in [-0.1, -0.05) is 30.3 Å². The minimum Gasteiger partial charge on any atom is -0.373 e. The van der Waals surface area contributed by atoms with E-state index in [9.17, 15) is 9.59 Å². The highest BCUT2D eigenvalue weighted by atomic mass is 16.2. The molecule has 0 radical (unpaired) electrons. The molecule has 0 saturated carbocycles. The van der Waals surface area contributed by atoms with Gasteiger partial charge in [0.1, 0.15) is 11.6 Å². The highest BCUT2D eigenvalue weighted by Crippen LogP contribution is 2.25. The summed E-state index contributed by atoms with van der Waals surface area (Å²) >= 11 is 0. The first-order chi connectivity index (χ1) is 15.5. The number of piperidine rings is 1. The molecule has 0 aliphatic carbocycles. The Hall–Kier alpha value is -3.00. The van der Waals surface area contributed by atoms with Crippen LogP contribution in [0, 0.1) is 5.92 Å². The SMILES string of the molecule is CNc1cc(CN(C)C(=O)C2CC(=O)N(Cc3ccccc3)C2)nc(C2CCNCC2)n1. The lowest BCUT2D eigenvalue weighted by Crippen LogP contribution is -2.34. The van der Waals surface area contributed by atoms with E-state index in [1.165, 1.54) is 0 Å². The van der Waals surface area contributed by atoms with Gasteiger partial charge in [-0.25, -0.2) is 9.97 Å². The number of hydrogen-bond acceptors (Lipinski definition) is 6. The van der Waals surface area contributed by atoms with Gasteiger partial charge in [-0.15, -0.1) is 0 Å². The molecule has 1 unspecified atom stereocenters. The number of aromatic nitrogens is 2. The molecule has 2 saturated heterocycles. The minimum absolute atomic E-state index is 0.0121. The molecule has 3 heterocycles. The molecule has 2 fully saturated rings. The van der Waals surface area contributed by atoms with Crippen LogP contribution in [0.5, 0.6) is 0 Å². The molecule has 2 aliphatic rings. The van der Waals surface area contributed by atoms with Crippen LogP contribution in [0.1, 0.15) is 42.3 Å². The van der Waals surface area contributed by atoms with E-state index >= 15 is 0 Å². The maximum Gasteiger partial charge on any atom is 0.228 e. The van der Waals surface area contributed by atoms with Crippen LogP contribution in [0.2, 0.25) is 0 Å². The van der Waals surface area contributed by atoms with E-state index in [2.05, 4.69) is 15.6 Å². The van der Waals surface area contributed by atoms with E-state index in [1.807, 2.05) is 43.4 Å². The summed E-state index contributed by atoms with van der Waals surface area (Å²) in [6, 6.07) is 11.8. The monoisotopic (exact) mass is 436 g/mol. The Bertz CT molecular complexity index is 945. The van der Waals surface area contributed by atoms with E-state index in [-0.39, 0.29) is 24.2 Å². The van der Waals surface area contributed by atoms with Crippen molar-refractivity contribution in [2.45, 2.75) is 38.3 Å². The Balaban J connectivity index is 1.40. The molecule has 2 amide bonds. The molecule has 0 spiro atoms. The summed E-state index contributed by atoms with van der Waals surface area (Å²) in [5.74, 6) is 1.66. The van der Waals surface area contributed by atoms with Crippen LogP contribution in [0.3, 0.4) is 0 Å². The summed E-state index contributed by atoms with van der Waals surface area (Å²) in [7, 11) is 3.64. The lowest BCUT2D eigenvalue weighted by atomic mass is 9.97. The maximum atomic E-state index is 13.1. The van der Waals surface area contributed by atoms with Gasteiger partial charge in [0.2, 0.25) is 11.8 Å². The van der Waals surface area contributed by atoms with Gasteiger partial charge in [-0.05, 0) is 31.5 Å². The Morgan fingerprint density at radius 1 is 1.22 bits per heavy atom. The summed E-state index contributed by atoms with van der Waals surface area (Å²) in [6.07, 6.45) is 2.30. The number of amides is 2. The number of nitrogens with one attached hydrogen (secondary N) is 2. The predicted octanol–water partition coefficient (Wildman–Crippen LogP) is 1.99. The molecule has 8 nitrogen and oxygen atoms in total. The summed E-state index contributed by atoms with van der Waals surface area (Å²) in [4.78, 5) is 38.5. The van der Waals surface area contributed by atoms with Crippen molar-refractivity contribution in [3.8, 4) is 0 Å². The molecular weight excluding hydrogens is 404 g/mol. The Morgan fingerprint density at radius 3 is 2.69 bits per heavy atom. The van der Waals surface area contributed by atoms with Gasteiger partial charge in [-0.2, -0.15) is 0 Å². The molecule has 170 valence electrons. The van der Waals surface area contributed by atoms with Gasteiger partial charge in [-0.3, -0.25) is 9.59 Å². The highest BCUT2D eigenvalue weighted by Gasteiger charge is 2.35. The second-order valence-corrected chi connectivity index (χ2v) is 8.73. The summed E-state index contributed by atoms with van der Waals surface area (Å²) in [5.41, 5.74) is 1.90. The Morgan fingerprint density at radius 2 is 1.97 bits per heavy atom. The average molecular weight is 437 g/mol. The quantitative estimate of drug-likeness (QED) is 0.690. The number of carbonyl (C=O) groups excluding carboxylic acids is 2. The summed E-state index contributed by atoms with van der Waals surface area (Å²) in [5, 5.41) is 6.49. The van der Waals surface area contributed by atoms with Crippen molar-refractivity contribution in [2.24, 2.45) is 5.92 Å². The van der Waals surface area contributed by atoms with Gasteiger partial charge in [0.25, 0.3) is 0 Å². The normalized spacial score (nSPS) is 19.2. The molecule has 1 atom stereocenters. The second kappa shape index (κ2) is 10.1. The Kier molecular flexibility index (Phi) is 6.99. The Labute approximate surface area is 189 Å². The highest BCUT2D eigenvalue weighted by molar-refractivity contribution is 5.89. The maximum absolute atomic E-state index is 13.1. The molecule has 2 aliphatic heterocycles. The van der Waals surface area contributed by atoms with Gasteiger partial charge < -0.3 is 20.4 Å². The molecule has 1 aromatic heterocycles. The predicted molar refractivity (Wildman–Crippen MR) is 123 cm³/mol. The molecule has 1 aromatic carbocycles.